The van der Waals surface area contributed by atoms with Gasteiger partial charge in [-0.3, -0.25) is 4.79 Å². The molecule has 0 saturated carbocycles. The standard InChI is InChI=1S/C15H11Cl2NO2/c1-8-5-6-12-9(7-8)13(15(19)18-20-12)14-10(16)3-2-4-11(14)17/h2-7,13H,1H3,(H,18,19). The molecule has 1 aliphatic rings. The van der Waals surface area contributed by atoms with E-state index in [1.54, 1.807) is 18.2 Å². The molecule has 2 aromatic carbocycles. The van der Waals surface area contributed by atoms with Crippen LogP contribution in [0.2, 0.25) is 10.0 Å². The molecule has 1 aliphatic heterocycles. The number of nitrogens with one attached hydrogen (secondary N) is 1. The molecule has 0 fully saturated rings. The van der Waals surface area contributed by atoms with Crippen molar-refractivity contribution in [1.82, 2.24) is 5.48 Å². The van der Waals surface area contributed by atoms with Gasteiger partial charge in [0, 0.05) is 21.2 Å². The maximum atomic E-state index is 12.2. The lowest BCUT2D eigenvalue weighted by Crippen LogP contribution is -2.37. The van der Waals surface area contributed by atoms with Gasteiger partial charge in [0.15, 0.2) is 5.75 Å². The second kappa shape index (κ2) is 5.00. The monoisotopic (exact) mass is 307 g/mol. The molecule has 1 amide bonds. The first kappa shape index (κ1) is 13.3. The number of rotatable bonds is 1. The van der Waals surface area contributed by atoms with E-state index in [4.69, 9.17) is 28.0 Å². The molecule has 0 aliphatic carbocycles. The van der Waals surface area contributed by atoms with Gasteiger partial charge in [0.1, 0.15) is 0 Å². The number of benzene rings is 2. The Hall–Kier alpha value is -1.71. The lowest BCUT2D eigenvalue weighted by molar-refractivity contribution is -0.129. The molecule has 102 valence electrons. The quantitative estimate of drug-likeness (QED) is 0.869. The summed E-state index contributed by atoms with van der Waals surface area (Å²) in [5.41, 5.74) is 4.81. The van der Waals surface area contributed by atoms with Gasteiger partial charge < -0.3 is 4.84 Å². The zero-order valence-electron chi connectivity index (χ0n) is 10.6. The highest BCUT2D eigenvalue weighted by Gasteiger charge is 2.33. The van der Waals surface area contributed by atoms with Crippen LogP contribution >= 0.6 is 23.2 Å². The average molecular weight is 308 g/mol. The Morgan fingerprint density at radius 1 is 1.15 bits per heavy atom. The molecule has 0 saturated heterocycles. The van der Waals surface area contributed by atoms with Crippen LogP contribution in [0.4, 0.5) is 0 Å². The summed E-state index contributed by atoms with van der Waals surface area (Å²) in [7, 11) is 0. The number of halogens is 2. The van der Waals surface area contributed by atoms with Crippen LogP contribution in [0.5, 0.6) is 5.75 Å². The minimum atomic E-state index is -0.570. The summed E-state index contributed by atoms with van der Waals surface area (Å²) in [6.07, 6.45) is 0. The number of hydrogen-bond donors (Lipinski definition) is 1. The van der Waals surface area contributed by atoms with E-state index in [-0.39, 0.29) is 5.91 Å². The minimum absolute atomic E-state index is 0.280. The predicted molar refractivity (Wildman–Crippen MR) is 78.3 cm³/mol. The maximum Gasteiger partial charge on any atom is 0.264 e. The van der Waals surface area contributed by atoms with E-state index in [2.05, 4.69) is 5.48 Å². The van der Waals surface area contributed by atoms with Gasteiger partial charge in [-0.05, 0) is 25.1 Å². The van der Waals surface area contributed by atoms with Crippen LogP contribution in [-0.2, 0) is 4.79 Å². The summed E-state index contributed by atoms with van der Waals surface area (Å²) in [4.78, 5) is 17.5. The molecule has 0 aromatic heterocycles. The highest BCUT2D eigenvalue weighted by molar-refractivity contribution is 6.36. The number of aryl methyl sites for hydroxylation is 1. The summed E-state index contributed by atoms with van der Waals surface area (Å²) in [6, 6.07) is 10.9. The number of hydrogen-bond acceptors (Lipinski definition) is 2. The Morgan fingerprint density at radius 3 is 2.55 bits per heavy atom. The largest absolute Gasteiger partial charge is 0.379 e. The summed E-state index contributed by atoms with van der Waals surface area (Å²) < 4.78 is 0. The van der Waals surface area contributed by atoms with Crippen molar-refractivity contribution in [1.29, 1.82) is 0 Å². The Morgan fingerprint density at radius 2 is 1.85 bits per heavy atom. The normalized spacial score (nSPS) is 17.1. The van der Waals surface area contributed by atoms with Gasteiger partial charge in [0.25, 0.3) is 5.91 Å². The van der Waals surface area contributed by atoms with Crippen molar-refractivity contribution in [2.75, 3.05) is 0 Å². The second-order valence-corrected chi connectivity index (χ2v) is 5.49. The van der Waals surface area contributed by atoms with Crippen LogP contribution < -0.4 is 10.3 Å². The Kier molecular flexibility index (Phi) is 3.32. The first-order valence-electron chi connectivity index (χ1n) is 6.09. The van der Waals surface area contributed by atoms with Crippen molar-refractivity contribution in [2.24, 2.45) is 0 Å². The zero-order valence-corrected chi connectivity index (χ0v) is 12.1. The van der Waals surface area contributed by atoms with Gasteiger partial charge in [-0.15, -0.1) is 0 Å². The maximum absolute atomic E-state index is 12.2. The SMILES string of the molecule is Cc1ccc2c(c1)C(c1c(Cl)cccc1Cl)C(=O)NO2. The van der Waals surface area contributed by atoms with Crippen LogP contribution in [-0.4, -0.2) is 5.91 Å². The molecule has 3 rings (SSSR count). The van der Waals surface area contributed by atoms with Gasteiger partial charge in [0.2, 0.25) is 0 Å². The van der Waals surface area contributed by atoms with Crippen molar-refractivity contribution < 1.29 is 9.63 Å². The summed E-state index contributed by atoms with van der Waals surface area (Å²) in [6.45, 7) is 1.96. The number of carbonyl (C=O) groups is 1. The van der Waals surface area contributed by atoms with E-state index in [1.165, 1.54) is 0 Å². The number of amides is 1. The molecule has 1 unspecified atom stereocenters. The Labute approximate surface area is 126 Å². The van der Waals surface area contributed by atoms with E-state index in [9.17, 15) is 4.79 Å². The van der Waals surface area contributed by atoms with Crippen molar-refractivity contribution >= 4 is 29.1 Å². The molecule has 20 heavy (non-hydrogen) atoms. The molecule has 3 nitrogen and oxygen atoms in total. The first-order valence-corrected chi connectivity index (χ1v) is 6.84. The van der Waals surface area contributed by atoms with E-state index in [0.717, 1.165) is 11.1 Å². The van der Waals surface area contributed by atoms with Crippen LogP contribution in [0.1, 0.15) is 22.6 Å². The van der Waals surface area contributed by atoms with Gasteiger partial charge >= 0.3 is 0 Å². The van der Waals surface area contributed by atoms with Crippen LogP contribution in [0.3, 0.4) is 0 Å². The summed E-state index contributed by atoms with van der Waals surface area (Å²) in [5.74, 6) is -0.242. The fraction of sp³-hybridized carbons (Fsp3) is 0.133. The highest BCUT2D eigenvalue weighted by Crippen LogP contribution is 2.41. The highest BCUT2D eigenvalue weighted by atomic mass is 35.5. The fourth-order valence-electron chi connectivity index (χ4n) is 2.36. The van der Waals surface area contributed by atoms with Crippen molar-refractivity contribution in [2.45, 2.75) is 12.8 Å². The third kappa shape index (κ3) is 2.13. The van der Waals surface area contributed by atoms with Crippen LogP contribution in [0.25, 0.3) is 0 Å². The van der Waals surface area contributed by atoms with Gasteiger partial charge in [-0.1, -0.05) is 47.0 Å². The van der Waals surface area contributed by atoms with Crippen molar-refractivity contribution in [3.8, 4) is 5.75 Å². The smallest absolute Gasteiger partial charge is 0.264 e. The number of carbonyl (C=O) groups excluding carboxylic acids is 1. The summed E-state index contributed by atoms with van der Waals surface area (Å²) >= 11 is 12.5. The Bertz CT molecular complexity index is 680. The van der Waals surface area contributed by atoms with Gasteiger partial charge in [0.05, 0.1) is 5.92 Å². The predicted octanol–water partition coefficient (Wildman–Crippen LogP) is 3.86. The molecule has 1 heterocycles. The number of hydroxylamine groups is 1. The average Bonchev–Trinajstić information content (AvgIpc) is 2.41. The molecule has 2 aromatic rings. The second-order valence-electron chi connectivity index (χ2n) is 4.68. The van der Waals surface area contributed by atoms with Crippen molar-refractivity contribution in [3.05, 3.63) is 63.1 Å². The van der Waals surface area contributed by atoms with E-state index in [1.807, 2.05) is 25.1 Å². The van der Waals surface area contributed by atoms with Gasteiger partial charge in [-0.25, -0.2) is 0 Å². The van der Waals surface area contributed by atoms with E-state index in [0.29, 0.717) is 21.4 Å². The zero-order chi connectivity index (χ0) is 14.3. The van der Waals surface area contributed by atoms with Gasteiger partial charge in [-0.2, -0.15) is 5.48 Å². The van der Waals surface area contributed by atoms with E-state index >= 15 is 0 Å². The molecule has 0 bridgehead atoms. The van der Waals surface area contributed by atoms with E-state index < -0.39 is 5.92 Å². The molecular weight excluding hydrogens is 297 g/mol. The molecule has 1 N–H and O–H groups in total. The van der Waals surface area contributed by atoms with Crippen molar-refractivity contribution in [3.63, 3.8) is 0 Å². The molecule has 1 atom stereocenters. The number of fused-ring (bicyclic) bond motifs is 1. The topological polar surface area (TPSA) is 38.3 Å². The van der Waals surface area contributed by atoms with Crippen LogP contribution in [0, 0.1) is 6.92 Å². The molecule has 5 heteroatoms. The van der Waals surface area contributed by atoms with Crippen LogP contribution in [0.15, 0.2) is 36.4 Å². The molecular formula is C15H11Cl2NO2. The lowest BCUT2D eigenvalue weighted by Gasteiger charge is -2.26. The third-order valence-electron chi connectivity index (χ3n) is 3.29. The third-order valence-corrected chi connectivity index (χ3v) is 3.95. The summed E-state index contributed by atoms with van der Waals surface area (Å²) in [5, 5.41) is 0.930. The molecule has 0 radical (unpaired) electrons. The minimum Gasteiger partial charge on any atom is -0.379 e. The fourth-order valence-corrected chi connectivity index (χ4v) is 2.98. The Balaban J connectivity index is 2.24. The first-order chi connectivity index (χ1) is 9.58. The molecule has 0 spiro atoms. The lowest BCUT2D eigenvalue weighted by atomic mass is 9.88.